The third-order valence-electron chi connectivity index (χ3n) is 0. The molecule has 0 aliphatic carbocycles. The van der Waals surface area contributed by atoms with Crippen molar-refractivity contribution in [1.82, 2.24) is 0 Å². The van der Waals surface area contributed by atoms with Gasteiger partial charge in [0, 0.05) is 0 Å². The van der Waals surface area contributed by atoms with Crippen LogP contribution in [0.25, 0.3) is 0 Å². The van der Waals surface area contributed by atoms with Gasteiger partial charge in [0.05, 0.1) is 0 Å². The van der Waals surface area contributed by atoms with Crippen molar-refractivity contribution in [3.63, 3.8) is 0 Å². The molecule has 0 radical (unpaired) electrons. The van der Waals surface area contributed by atoms with Crippen LogP contribution in [-0.2, 0) is 11.1 Å². The van der Waals surface area contributed by atoms with Crippen LogP contribution < -0.4 is 0 Å². The maximum absolute atomic E-state index is 3.30. The molecule has 0 nitrogen and oxygen atoms in total. The zero-order valence-electron chi connectivity index (χ0n) is 1.54. The van der Waals surface area contributed by atoms with Crippen LogP contribution in [-0.4, -0.2) is 0 Å². The first-order valence-electron chi connectivity index (χ1n) is 0.463. The van der Waals surface area contributed by atoms with Crippen molar-refractivity contribution in [2.75, 3.05) is 0 Å². The molecule has 0 amide bonds. The van der Waals surface area contributed by atoms with Gasteiger partial charge in [0.25, 0.3) is 0 Å². The second-order valence-corrected chi connectivity index (χ2v) is 38.7. The molecule has 0 aromatic rings. The van der Waals surface area contributed by atoms with Crippen molar-refractivity contribution in [1.29, 1.82) is 0 Å². The van der Waals surface area contributed by atoms with Crippen LogP contribution >= 0.6 is 39.9 Å². The van der Waals surface area contributed by atoms with Gasteiger partial charge in [-0.3, -0.25) is 0 Å². The normalized spacial score (nSPS) is 9.00. The second-order valence-electron chi connectivity index (χ2n) is 0.175. The number of halogens is 3. The van der Waals surface area contributed by atoms with E-state index in [1.165, 1.54) is 0 Å². The molecule has 0 heterocycles. The molecule has 0 atom stereocenters. The molecule has 0 aromatic carbocycles. The standard InChI is InChI=1S/3BrH.W/h3*1H;/q;;;+3/p-3. The van der Waals surface area contributed by atoms with Gasteiger partial charge in [-0.05, 0) is 0 Å². The summed E-state index contributed by atoms with van der Waals surface area (Å²) in [4.78, 5) is 0. The monoisotopic (exact) mass is 421 g/mol. The Balaban J connectivity index is 2.32. The number of hydrogen-bond donors (Lipinski definition) is 0. The van der Waals surface area contributed by atoms with E-state index in [0.717, 1.165) is 0 Å². The predicted octanol–water partition coefficient (Wildman–Crippen LogP) is 2.53. The van der Waals surface area contributed by atoms with Gasteiger partial charge in [-0.15, -0.1) is 0 Å². The molecule has 0 aliphatic rings. The topological polar surface area (TPSA) is 0 Å². The van der Waals surface area contributed by atoms with Crippen LogP contribution in [0.1, 0.15) is 0 Å². The average molecular weight is 424 g/mol. The molecule has 4 heteroatoms. The Bertz CT molecular complexity index is 8.00. The Labute approximate surface area is 50.3 Å². The van der Waals surface area contributed by atoms with E-state index >= 15 is 0 Å². The molecule has 0 saturated carbocycles. The first-order chi connectivity index (χ1) is 1.73. The molecule has 0 spiro atoms. The summed E-state index contributed by atoms with van der Waals surface area (Å²) in [6.07, 6.45) is 0. The summed E-state index contributed by atoms with van der Waals surface area (Å²) in [5.41, 5.74) is 0. The van der Waals surface area contributed by atoms with Gasteiger partial charge in [0.1, 0.15) is 0 Å². The summed E-state index contributed by atoms with van der Waals surface area (Å²) in [5, 5.41) is 0. The molecule has 0 bridgehead atoms. The van der Waals surface area contributed by atoms with E-state index in [4.69, 9.17) is 0 Å². The van der Waals surface area contributed by atoms with Crippen LogP contribution in [0.3, 0.4) is 0 Å². The number of hydrogen-bond acceptors (Lipinski definition) is 0. The van der Waals surface area contributed by atoms with Gasteiger partial charge in [-0.25, -0.2) is 0 Å². The Morgan fingerprint density at radius 1 is 1.00 bits per heavy atom. The molecule has 0 N–H and O–H groups in total. The first kappa shape index (κ1) is 6.13. The summed E-state index contributed by atoms with van der Waals surface area (Å²) in [7, 11) is 0. The summed E-state index contributed by atoms with van der Waals surface area (Å²) in [6, 6.07) is 0. The minimum atomic E-state index is -1.09. The molecule has 0 aliphatic heterocycles. The molecule has 0 unspecified atom stereocenters. The van der Waals surface area contributed by atoms with Crippen molar-refractivity contribution in [3.8, 4) is 0 Å². The summed E-state index contributed by atoms with van der Waals surface area (Å²) >= 11 is 8.81. The fourth-order valence-corrected chi connectivity index (χ4v) is 0. The molecule has 0 rings (SSSR count). The minimum absolute atomic E-state index is 1.09. The first-order valence-corrected chi connectivity index (χ1v) is 19.7. The zero-order chi connectivity index (χ0) is 3.58. The Kier molecular flexibility index (Phi) is 5.09. The van der Waals surface area contributed by atoms with Gasteiger partial charge >= 0.3 is 51.0 Å². The molecule has 27 valence electrons. The van der Waals surface area contributed by atoms with Crippen LogP contribution in [0, 0.1) is 0 Å². The maximum atomic E-state index is 3.30. The Morgan fingerprint density at radius 2 is 1.00 bits per heavy atom. The van der Waals surface area contributed by atoms with Gasteiger partial charge in [-0.2, -0.15) is 0 Å². The third-order valence-corrected chi connectivity index (χ3v) is 0. The van der Waals surface area contributed by atoms with Gasteiger partial charge in [-0.1, -0.05) is 0 Å². The van der Waals surface area contributed by atoms with E-state index in [1.54, 1.807) is 0 Å². The van der Waals surface area contributed by atoms with Crippen molar-refractivity contribution >= 4 is 39.9 Å². The van der Waals surface area contributed by atoms with Gasteiger partial charge in [0.15, 0.2) is 0 Å². The average Bonchev–Trinajstić information content (AvgIpc) is 0.811. The van der Waals surface area contributed by atoms with E-state index in [9.17, 15) is 0 Å². The molecule has 4 heavy (non-hydrogen) atoms. The fourth-order valence-electron chi connectivity index (χ4n) is 0. The van der Waals surface area contributed by atoms with E-state index in [0.29, 0.717) is 0 Å². The molecular formula is Br3W. The number of rotatable bonds is 0. The van der Waals surface area contributed by atoms with E-state index in [1.807, 2.05) is 0 Å². The Morgan fingerprint density at radius 3 is 1.00 bits per heavy atom. The zero-order valence-corrected chi connectivity index (χ0v) is 9.23. The summed E-state index contributed by atoms with van der Waals surface area (Å²) in [5.74, 6) is 0. The second kappa shape index (κ2) is 3.32. The molecule has 0 saturated heterocycles. The molecule has 0 fully saturated rings. The summed E-state index contributed by atoms with van der Waals surface area (Å²) < 4.78 is 0. The molecule has 0 aromatic heterocycles. The van der Waals surface area contributed by atoms with E-state index in [-0.39, 0.29) is 0 Å². The quantitative estimate of drug-likeness (QED) is 0.562. The van der Waals surface area contributed by atoms with Gasteiger partial charge in [0.2, 0.25) is 0 Å². The van der Waals surface area contributed by atoms with Crippen LogP contribution in [0.5, 0.6) is 0 Å². The third kappa shape index (κ3) is 8.92. The predicted molar refractivity (Wildman–Crippen MR) is 26.8 cm³/mol. The summed E-state index contributed by atoms with van der Waals surface area (Å²) in [6.45, 7) is 0. The van der Waals surface area contributed by atoms with Crippen LogP contribution in [0.4, 0.5) is 0 Å². The van der Waals surface area contributed by atoms with Crippen molar-refractivity contribution in [3.05, 3.63) is 0 Å². The fraction of sp³-hybridized carbons (Fsp3) is 0. The van der Waals surface area contributed by atoms with Gasteiger partial charge < -0.3 is 0 Å². The van der Waals surface area contributed by atoms with Crippen molar-refractivity contribution in [2.45, 2.75) is 0 Å². The van der Waals surface area contributed by atoms with Crippen molar-refractivity contribution in [2.24, 2.45) is 0 Å². The van der Waals surface area contributed by atoms with Crippen LogP contribution in [0.2, 0.25) is 0 Å². The van der Waals surface area contributed by atoms with Crippen molar-refractivity contribution < 1.29 is 11.1 Å². The Hall–Kier alpha value is 2.13. The van der Waals surface area contributed by atoms with Crippen LogP contribution in [0.15, 0.2) is 0 Å². The van der Waals surface area contributed by atoms with E-state index < -0.39 is 11.1 Å². The molecular weight excluding hydrogens is 424 g/mol. The SMILES string of the molecule is [Br][W]([Br])[Br]. The van der Waals surface area contributed by atoms with E-state index in [2.05, 4.69) is 39.9 Å².